The van der Waals surface area contributed by atoms with E-state index < -0.39 is 17.8 Å². The molecule has 0 unspecified atom stereocenters. The van der Waals surface area contributed by atoms with Crippen LogP contribution in [0.1, 0.15) is 21.7 Å². The number of morpholine rings is 1. The van der Waals surface area contributed by atoms with E-state index in [9.17, 15) is 18.0 Å². The van der Waals surface area contributed by atoms with Crippen LogP contribution in [0.5, 0.6) is 0 Å². The Morgan fingerprint density at radius 1 is 1.03 bits per heavy atom. The molecule has 1 fully saturated rings. The van der Waals surface area contributed by atoms with Gasteiger partial charge >= 0.3 is 6.18 Å². The average Bonchev–Trinajstić information content (AvgIpc) is 2.80. The summed E-state index contributed by atoms with van der Waals surface area (Å²) < 4.78 is 43.2. The van der Waals surface area contributed by atoms with Crippen molar-refractivity contribution in [3.8, 4) is 0 Å². The quantitative estimate of drug-likeness (QED) is 0.596. The second-order valence-corrected chi connectivity index (χ2v) is 7.38. The van der Waals surface area contributed by atoms with E-state index in [1.54, 1.807) is 24.3 Å². The first-order chi connectivity index (χ1) is 15.8. The summed E-state index contributed by atoms with van der Waals surface area (Å²) >= 11 is 0. The molecule has 1 aliphatic heterocycles. The van der Waals surface area contributed by atoms with Crippen molar-refractivity contribution in [1.29, 1.82) is 0 Å². The van der Waals surface area contributed by atoms with Crippen LogP contribution in [0.25, 0.3) is 0 Å². The molecule has 33 heavy (non-hydrogen) atoms. The van der Waals surface area contributed by atoms with Gasteiger partial charge < -0.3 is 20.3 Å². The van der Waals surface area contributed by atoms with E-state index in [4.69, 9.17) is 4.74 Å². The SMILES string of the molecule is Cc1cc(N2CCOCC2)nc(Nc2ccc(NC(=O)c3ccc(C(F)(F)F)nc3)cc2)n1. The Labute approximate surface area is 187 Å². The van der Waals surface area contributed by atoms with E-state index in [1.165, 1.54) is 0 Å². The smallest absolute Gasteiger partial charge is 0.378 e. The Morgan fingerprint density at radius 3 is 2.36 bits per heavy atom. The molecule has 1 saturated heterocycles. The van der Waals surface area contributed by atoms with Gasteiger partial charge in [0.05, 0.1) is 18.8 Å². The highest BCUT2D eigenvalue weighted by molar-refractivity contribution is 6.04. The van der Waals surface area contributed by atoms with Crippen molar-refractivity contribution in [2.75, 3.05) is 41.8 Å². The van der Waals surface area contributed by atoms with Crippen LogP contribution in [0.2, 0.25) is 0 Å². The predicted octanol–water partition coefficient (Wildman–Crippen LogP) is 4.03. The molecule has 1 amide bonds. The third kappa shape index (κ3) is 5.75. The number of aromatic nitrogens is 3. The van der Waals surface area contributed by atoms with E-state index in [-0.39, 0.29) is 5.56 Å². The van der Waals surface area contributed by atoms with Crippen LogP contribution in [0.3, 0.4) is 0 Å². The molecule has 0 radical (unpaired) electrons. The maximum atomic E-state index is 12.6. The molecule has 0 saturated carbocycles. The van der Waals surface area contributed by atoms with Gasteiger partial charge in [-0.25, -0.2) is 4.98 Å². The van der Waals surface area contributed by atoms with Crippen LogP contribution in [0.4, 0.5) is 36.3 Å². The Balaban J connectivity index is 1.40. The minimum atomic E-state index is -4.55. The zero-order chi connectivity index (χ0) is 23.4. The zero-order valence-electron chi connectivity index (χ0n) is 17.7. The molecule has 0 spiro atoms. The van der Waals surface area contributed by atoms with Crippen molar-refractivity contribution >= 4 is 29.0 Å². The molecule has 0 bridgehead atoms. The van der Waals surface area contributed by atoms with E-state index in [1.807, 2.05) is 13.0 Å². The Morgan fingerprint density at radius 2 is 1.73 bits per heavy atom. The molecule has 3 aromatic rings. The summed E-state index contributed by atoms with van der Waals surface area (Å²) in [6.45, 7) is 4.73. The lowest BCUT2D eigenvalue weighted by molar-refractivity contribution is -0.141. The van der Waals surface area contributed by atoms with Crippen LogP contribution >= 0.6 is 0 Å². The summed E-state index contributed by atoms with van der Waals surface area (Å²) in [7, 11) is 0. The van der Waals surface area contributed by atoms with Gasteiger partial charge in [0.15, 0.2) is 0 Å². The maximum absolute atomic E-state index is 12.6. The van der Waals surface area contributed by atoms with Crippen molar-refractivity contribution in [1.82, 2.24) is 15.0 Å². The topological polar surface area (TPSA) is 92.3 Å². The molecule has 2 aromatic heterocycles. The van der Waals surface area contributed by atoms with E-state index >= 15 is 0 Å². The molecular weight excluding hydrogens is 437 g/mol. The number of amides is 1. The fourth-order valence-electron chi connectivity index (χ4n) is 3.23. The molecular formula is C22H21F3N6O2. The fourth-order valence-corrected chi connectivity index (χ4v) is 3.23. The van der Waals surface area contributed by atoms with E-state index in [2.05, 4.69) is 30.5 Å². The van der Waals surface area contributed by atoms with Crippen molar-refractivity contribution in [2.45, 2.75) is 13.1 Å². The number of carbonyl (C=O) groups is 1. The lowest BCUT2D eigenvalue weighted by atomic mass is 10.2. The second-order valence-electron chi connectivity index (χ2n) is 7.38. The molecule has 1 aliphatic rings. The van der Waals surface area contributed by atoms with Crippen molar-refractivity contribution in [3.63, 3.8) is 0 Å². The number of halogens is 3. The van der Waals surface area contributed by atoms with Gasteiger partial charge in [-0.1, -0.05) is 0 Å². The first-order valence-corrected chi connectivity index (χ1v) is 10.2. The summed E-state index contributed by atoms with van der Waals surface area (Å²) in [6.07, 6.45) is -3.66. The Bertz CT molecular complexity index is 1110. The molecule has 4 rings (SSSR count). The van der Waals surface area contributed by atoms with Gasteiger partial charge in [0.2, 0.25) is 5.95 Å². The number of nitrogens with one attached hydrogen (secondary N) is 2. The van der Waals surface area contributed by atoms with E-state index in [0.29, 0.717) is 30.5 Å². The number of benzene rings is 1. The first-order valence-electron chi connectivity index (χ1n) is 10.2. The summed E-state index contributed by atoms with van der Waals surface area (Å²) in [5.41, 5.74) is 0.981. The number of ether oxygens (including phenoxy) is 1. The molecule has 3 heterocycles. The third-order valence-electron chi connectivity index (χ3n) is 4.89. The first kappa shape index (κ1) is 22.5. The number of hydrogen-bond donors (Lipinski definition) is 2. The van der Waals surface area contributed by atoms with Gasteiger partial charge in [-0.15, -0.1) is 0 Å². The van der Waals surface area contributed by atoms with Gasteiger partial charge in [0.1, 0.15) is 11.5 Å². The molecule has 2 N–H and O–H groups in total. The molecule has 1 aromatic carbocycles. The van der Waals surface area contributed by atoms with Crippen molar-refractivity contribution in [2.24, 2.45) is 0 Å². The number of anilines is 4. The van der Waals surface area contributed by atoms with Crippen LogP contribution < -0.4 is 15.5 Å². The van der Waals surface area contributed by atoms with Gasteiger partial charge in [0.25, 0.3) is 5.91 Å². The number of carbonyl (C=O) groups excluding carboxylic acids is 1. The number of rotatable bonds is 5. The normalized spacial score (nSPS) is 14.1. The molecule has 0 aliphatic carbocycles. The molecule has 0 atom stereocenters. The average molecular weight is 458 g/mol. The number of nitrogens with zero attached hydrogens (tertiary/aromatic N) is 4. The molecule has 11 heteroatoms. The van der Waals surface area contributed by atoms with Crippen LogP contribution in [-0.2, 0) is 10.9 Å². The van der Waals surface area contributed by atoms with Crippen LogP contribution in [-0.4, -0.2) is 47.2 Å². The lowest BCUT2D eigenvalue weighted by Crippen LogP contribution is -2.36. The standard InChI is InChI=1S/C22H21F3N6O2/c1-14-12-19(31-8-10-33-11-9-31)30-21(27-14)29-17-5-3-16(4-6-17)28-20(32)15-2-7-18(26-13-15)22(23,24)25/h2-7,12-13H,8-11H2,1H3,(H,28,32)(H,27,29,30). The minimum Gasteiger partial charge on any atom is -0.378 e. The summed E-state index contributed by atoms with van der Waals surface area (Å²) in [5, 5.41) is 5.78. The molecule has 8 nitrogen and oxygen atoms in total. The van der Waals surface area contributed by atoms with E-state index in [0.717, 1.165) is 42.9 Å². The summed E-state index contributed by atoms with van der Waals surface area (Å²) in [6, 6.07) is 10.6. The van der Waals surface area contributed by atoms with Gasteiger partial charge in [0, 0.05) is 42.4 Å². The zero-order valence-corrected chi connectivity index (χ0v) is 17.7. The predicted molar refractivity (Wildman–Crippen MR) is 117 cm³/mol. The number of alkyl halides is 3. The monoisotopic (exact) mass is 458 g/mol. The molecule has 172 valence electrons. The van der Waals surface area contributed by atoms with Crippen LogP contribution in [0.15, 0.2) is 48.7 Å². The lowest BCUT2D eigenvalue weighted by Gasteiger charge is -2.28. The minimum absolute atomic E-state index is 0.0222. The highest BCUT2D eigenvalue weighted by atomic mass is 19.4. The largest absolute Gasteiger partial charge is 0.433 e. The Hall–Kier alpha value is -3.73. The number of hydrogen-bond acceptors (Lipinski definition) is 7. The highest BCUT2D eigenvalue weighted by Gasteiger charge is 2.32. The van der Waals surface area contributed by atoms with Crippen molar-refractivity contribution < 1.29 is 22.7 Å². The highest BCUT2D eigenvalue weighted by Crippen LogP contribution is 2.27. The van der Waals surface area contributed by atoms with Gasteiger partial charge in [-0.3, -0.25) is 9.78 Å². The van der Waals surface area contributed by atoms with Gasteiger partial charge in [-0.05, 0) is 43.3 Å². The fraction of sp³-hybridized carbons (Fsp3) is 0.273. The third-order valence-corrected chi connectivity index (χ3v) is 4.89. The second kappa shape index (κ2) is 9.41. The number of aryl methyl sites for hydroxylation is 1. The number of pyridine rings is 1. The van der Waals surface area contributed by atoms with Crippen LogP contribution in [0, 0.1) is 6.92 Å². The maximum Gasteiger partial charge on any atom is 0.433 e. The summed E-state index contributed by atoms with van der Waals surface area (Å²) in [4.78, 5) is 26.7. The summed E-state index contributed by atoms with van der Waals surface area (Å²) in [5.74, 6) is 0.709. The van der Waals surface area contributed by atoms with Crippen molar-refractivity contribution in [3.05, 3.63) is 65.6 Å². The Kier molecular flexibility index (Phi) is 6.40. The van der Waals surface area contributed by atoms with Gasteiger partial charge in [-0.2, -0.15) is 18.2 Å².